The van der Waals surface area contributed by atoms with Crippen molar-refractivity contribution in [3.63, 3.8) is 0 Å². The van der Waals surface area contributed by atoms with Crippen molar-refractivity contribution >= 4 is 29.0 Å². The third-order valence-electron chi connectivity index (χ3n) is 0. The van der Waals surface area contributed by atoms with Crippen LogP contribution in [0.3, 0.4) is 0 Å². The van der Waals surface area contributed by atoms with Gasteiger partial charge < -0.3 is 10.9 Å². The molecule has 0 bridgehead atoms. The molecule has 0 aromatic rings. The van der Waals surface area contributed by atoms with E-state index in [0.29, 0.717) is 0 Å². The van der Waals surface area contributed by atoms with Crippen LogP contribution in [-0.4, -0.2) is 11.1 Å². The van der Waals surface area contributed by atoms with Crippen LogP contribution in [0.5, 0.6) is 0 Å². The summed E-state index contributed by atoms with van der Waals surface area (Å²) in [6.45, 7) is 3.06. The largest absolute Gasteiger partial charge is 0.344 e. The molecule has 0 saturated carbocycles. The Balaban J connectivity index is -0.0000000575. The standard InChI is InChI=1S/C3H6O.CH2Cl2.H3N/c1-3(2)4;2-1-3;/h1-2H3;1H2;1H3. The fourth-order valence-electron chi connectivity index (χ4n) is 0. The van der Waals surface area contributed by atoms with E-state index >= 15 is 0 Å². The second-order valence-electron chi connectivity index (χ2n) is 1.01. The summed E-state index contributed by atoms with van der Waals surface area (Å²) in [5.74, 6) is 0.167. The van der Waals surface area contributed by atoms with Gasteiger partial charge in [0.05, 0.1) is 5.34 Å². The van der Waals surface area contributed by atoms with Gasteiger partial charge in [0.2, 0.25) is 0 Å². The number of carbonyl (C=O) groups excluding carboxylic acids is 1. The van der Waals surface area contributed by atoms with E-state index in [2.05, 4.69) is 0 Å². The number of halogens is 2. The second kappa shape index (κ2) is 15.7. The molecule has 2 nitrogen and oxygen atoms in total. The van der Waals surface area contributed by atoms with Crippen LogP contribution < -0.4 is 6.15 Å². The minimum Gasteiger partial charge on any atom is -0.344 e. The van der Waals surface area contributed by atoms with Crippen LogP contribution in [0.2, 0.25) is 0 Å². The molecule has 0 saturated heterocycles. The van der Waals surface area contributed by atoms with E-state index < -0.39 is 0 Å². The first-order chi connectivity index (χ1) is 3.15. The molecule has 0 fully saturated rings. The van der Waals surface area contributed by atoms with Crippen molar-refractivity contribution in [3.05, 3.63) is 0 Å². The van der Waals surface area contributed by atoms with Crippen LogP contribution in [-0.2, 0) is 4.79 Å². The van der Waals surface area contributed by atoms with E-state index in [1.807, 2.05) is 0 Å². The quantitative estimate of drug-likeness (QED) is 0.552. The number of hydrogen-bond acceptors (Lipinski definition) is 2. The fraction of sp³-hybridized carbons (Fsp3) is 0.750. The summed E-state index contributed by atoms with van der Waals surface area (Å²) < 4.78 is 0. The Hall–Kier alpha value is 0.210. The highest BCUT2D eigenvalue weighted by atomic mass is 35.5. The summed E-state index contributed by atoms with van der Waals surface area (Å²) in [7, 11) is 0. The average Bonchev–Trinajstić information content (AvgIpc) is 1.33. The van der Waals surface area contributed by atoms with E-state index in [4.69, 9.17) is 23.2 Å². The molecule has 0 radical (unpaired) electrons. The molecular formula is C4H11Cl2NO. The zero-order valence-corrected chi connectivity index (χ0v) is 6.59. The lowest BCUT2D eigenvalue weighted by Crippen LogP contribution is -1.69. The monoisotopic (exact) mass is 159 g/mol. The van der Waals surface area contributed by atoms with Gasteiger partial charge in [0.1, 0.15) is 5.78 Å². The first kappa shape index (κ1) is 15.7. The van der Waals surface area contributed by atoms with Gasteiger partial charge in [-0.1, -0.05) is 0 Å². The number of alkyl halides is 2. The predicted molar refractivity (Wildman–Crippen MR) is 38.0 cm³/mol. The molecule has 0 heterocycles. The number of carbonyl (C=O) groups is 1. The maximum absolute atomic E-state index is 9.44. The summed E-state index contributed by atoms with van der Waals surface area (Å²) >= 11 is 9.53. The summed E-state index contributed by atoms with van der Waals surface area (Å²) in [4.78, 5) is 9.44. The zero-order valence-electron chi connectivity index (χ0n) is 5.08. The molecule has 0 aliphatic rings. The number of Topliss-reactive ketones (excluding diaryl/α,β-unsaturated/α-hetero) is 1. The maximum atomic E-state index is 9.44. The van der Waals surface area contributed by atoms with E-state index in [1.165, 1.54) is 13.8 Å². The lowest BCUT2D eigenvalue weighted by atomic mass is 10.6. The normalized spacial score (nSPS) is 5.50. The molecule has 4 heteroatoms. The van der Waals surface area contributed by atoms with Crippen LogP contribution in [0.4, 0.5) is 0 Å². The zero-order chi connectivity index (χ0) is 6.28. The van der Waals surface area contributed by atoms with Crippen molar-refractivity contribution in [2.45, 2.75) is 13.8 Å². The predicted octanol–water partition coefficient (Wildman–Crippen LogP) is 2.18. The summed E-state index contributed by atoms with van der Waals surface area (Å²) in [5.41, 5.74) is 0. The summed E-state index contributed by atoms with van der Waals surface area (Å²) in [6.07, 6.45) is 0. The molecule has 0 rings (SSSR count). The Kier molecular flexibility index (Phi) is 30.8. The lowest BCUT2D eigenvalue weighted by molar-refractivity contribution is -0.114. The van der Waals surface area contributed by atoms with E-state index in [1.54, 1.807) is 0 Å². The topological polar surface area (TPSA) is 52.1 Å². The molecule has 0 unspecified atom stereocenters. The lowest BCUT2D eigenvalue weighted by Gasteiger charge is -1.56. The van der Waals surface area contributed by atoms with Crippen molar-refractivity contribution in [3.8, 4) is 0 Å². The molecule has 0 atom stereocenters. The van der Waals surface area contributed by atoms with Crippen LogP contribution >= 0.6 is 23.2 Å². The Morgan fingerprint density at radius 2 is 1.38 bits per heavy atom. The van der Waals surface area contributed by atoms with Gasteiger partial charge in [0.15, 0.2) is 0 Å². The Morgan fingerprint density at radius 1 is 1.38 bits per heavy atom. The SMILES string of the molecule is CC(C)=O.ClCCl.N. The van der Waals surface area contributed by atoms with Crippen LogP contribution in [0.25, 0.3) is 0 Å². The second-order valence-corrected chi connectivity index (χ2v) is 1.82. The van der Waals surface area contributed by atoms with Gasteiger partial charge in [0, 0.05) is 0 Å². The van der Waals surface area contributed by atoms with Gasteiger partial charge in [-0.3, -0.25) is 0 Å². The molecule has 0 amide bonds. The van der Waals surface area contributed by atoms with E-state index in [0.717, 1.165) is 0 Å². The number of ketones is 1. The molecule has 0 aromatic carbocycles. The maximum Gasteiger partial charge on any atom is 0.126 e. The minimum absolute atomic E-state index is 0. The Labute approximate surface area is 59.7 Å². The molecule has 0 aromatic heterocycles. The molecular weight excluding hydrogens is 149 g/mol. The summed E-state index contributed by atoms with van der Waals surface area (Å²) in [6, 6.07) is 0. The van der Waals surface area contributed by atoms with Crippen LogP contribution in [0, 0.1) is 0 Å². The van der Waals surface area contributed by atoms with Gasteiger partial charge >= 0.3 is 0 Å². The molecule has 0 aliphatic carbocycles. The Bertz CT molecular complexity index is 45.3. The van der Waals surface area contributed by atoms with Crippen molar-refractivity contribution in [2.24, 2.45) is 0 Å². The van der Waals surface area contributed by atoms with E-state index in [9.17, 15) is 4.79 Å². The van der Waals surface area contributed by atoms with Gasteiger partial charge in [-0.25, -0.2) is 0 Å². The number of hydrogen-bond donors (Lipinski definition) is 1. The molecule has 0 spiro atoms. The van der Waals surface area contributed by atoms with Crippen molar-refractivity contribution in [2.75, 3.05) is 5.34 Å². The van der Waals surface area contributed by atoms with Crippen molar-refractivity contribution < 1.29 is 4.79 Å². The fourth-order valence-corrected chi connectivity index (χ4v) is 0. The van der Waals surface area contributed by atoms with Crippen molar-refractivity contribution in [1.29, 1.82) is 0 Å². The molecule has 52 valence electrons. The molecule has 8 heavy (non-hydrogen) atoms. The number of rotatable bonds is 0. The van der Waals surface area contributed by atoms with Gasteiger partial charge in [-0.05, 0) is 13.8 Å². The van der Waals surface area contributed by atoms with Gasteiger partial charge in [-0.15, -0.1) is 23.2 Å². The molecule has 3 N–H and O–H groups in total. The highest BCUT2D eigenvalue weighted by Crippen LogP contribution is 1.73. The van der Waals surface area contributed by atoms with Gasteiger partial charge in [0.25, 0.3) is 0 Å². The highest BCUT2D eigenvalue weighted by Gasteiger charge is 1.62. The van der Waals surface area contributed by atoms with Crippen LogP contribution in [0.15, 0.2) is 0 Å². The van der Waals surface area contributed by atoms with Gasteiger partial charge in [-0.2, -0.15) is 0 Å². The third kappa shape index (κ3) is 3820. The van der Waals surface area contributed by atoms with Crippen LogP contribution in [0.1, 0.15) is 13.8 Å². The first-order valence-electron chi connectivity index (χ1n) is 1.74. The highest BCUT2D eigenvalue weighted by molar-refractivity contribution is 6.40. The van der Waals surface area contributed by atoms with E-state index in [-0.39, 0.29) is 17.3 Å². The third-order valence-corrected chi connectivity index (χ3v) is 0. The Morgan fingerprint density at radius 3 is 1.38 bits per heavy atom. The summed E-state index contributed by atoms with van der Waals surface area (Å²) in [5, 5.41) is 0.194. The van der Waals surface area contributed by atoms with Crippen molar-refractivity contribution in [1.82, 2.24) is 6.15 Å². The first-order valence-corrected chi connectivity index (χ1v) is 2.81. The average molecular weight is 160 g/mol. The molecule has 0 aliphatic heterocycles. The minimum atomic E-state index is 0. The smallest absolute Gasteiger partial charge is 0.126 e.